The summed E-state index contributed by atoms with van der Waals surface area (Å²) >= 11 is 0. The van der Waals surface area contributed by atoms with Gasteiger partial charge in [0, 0.05) is 17.3 Å². The van der Waals surface area contributed by atoms with Gasteiger partial charge in [-0.3, -0.25) is 0 Å². The highest BCUT2D eigenvalue weighted by atomic mass is 19.4. The van der Waals surface area contributed by atoms with Crippen LogP contribution in [0.4, 0.5) is 17.6 Å². The molecule has 0 saturated carbocycles. The number of H-pyrrole nitrogens is 1. The van der Waals surface area contributed by atoms with E-state index in [0.29, 0.717) is 17.0 Å². The van der Waals surface area contributed by atoms with E-state index in [2.05, 4.69) is 19.6 Å². The van der Waals surface area contributed by atoms with Crippen LogP contribution < -0.4 is 0 Å². The molecule has 0 aliphatic rings. The number of benzene rings is 2. The first-order chi connectivity index (χ1) is 14.5. The van der Waals surface area contributed by atoms with Gasteiger partial charge in [-0.15, -0.1) is 0 Å². The zero-order valence-corrected chi connectivity index (χ0v) is 16.5. The Balaban J connectivity index is 1.79. The Morgan fingerprint density at radius 1 is 0.935 bits per heavy atom. The fourth-order valence-corrected chi connectivity index (χ4v) is 3.16. The second kappa shape index (κ2) is 7.35. The van der Waals surface area contributed by atoms with E-state index in [-0.39, 0.29) is 22.5 Å². The lowest BCUT2D eigenvalue weighted by Gasteiger charge is -2.17. The van der Waals surface area contributed by atoms with E-state index in [9.17, 15) is 22.7 Å². The molecular formula is C22H17F4N3O2. The Hall–Kier alpha value is -3.46. The average Bonchev–Trinajstić information content (AvgIpc) is 3.35. The average molecular weight is 431 g/mol. The van der Waals surface area contributed by atoms with E-state index in [1.54, 1.807) is 38.1 Å². The zero-order valence-electron chi connectivity index (χ0n) is 16.5. The van der Waals surface area contributed by atoms with Crippen LogP contribution in [-0.2, 0) is 11.8 Å². The lowest BCUT2D eigenvalue weighted by molar-refractivity contribution is -0.154. The minimum Gasteiger partial charge on any atom is -0.386 e. The van der Waals surface area contributed by atoms with E-state index < -0.39 is 23.4 Å². The summed E-state index contributed by atoms with van der Waals surface area (Å²) in [5.74, 6) is -1.49. The molecule has 2 aromatic carbocycles. The second-order valence-corrected chi connectivity index (χ2v) is 7.51. The van der Waals surface area contributed by atoms with E-state index in [1.165, 1.54) is 18.3 Å². The predicted molar refractivity (Wildman–Crippen MR) is 105 cm³/mol. The van der Waals surface area contributed by atoms with Gasteiger partial charge in [-0.1, -0.05) is 29.4 Å². The first-order valence-electron chi connectivity index (χ1n) is 9.26. The molecule has 160 valence electrons. The van der Waals surface area contributed by atoms with Crippen LogP contribution in [0.15, 0.2) is 59.3 Å². The van der Waals surface area contributed by atoms with Crippen molar-refractivity contribution < 1.29 is 27.2 Å². The van der Waals surface area contributed by atoms with Crippen LogP contribution in [0, 0.1) is 5.82 Å². The van der Waals surface area contributed by atoms with E-state index in [0.717, 1.165) is 12.1 Å². The highest BCUT2D eigenvalue weighted by molar-refractivity contribution is 5.81. The normalized spacial score (nSPS) is 12.4. The lowest BCUT2D eigenvalue weighted by Crippen LogP contribution is -2.14. The Kier molecular flexibility index (Phi) is 4.93. The molecule has 0 aliphatic heterocycles. The van der Waals surface area contributed by atoms with Crippen molar-refractivity contribution in [3.05, 3.63) is 71.9 Å². The number of halogens is 4. The molecule has 0 atom stereocenters. The topological polar surface area (TPSA) is 74.9 Å². The summed E-state index contributed by atoms with van der Waals surface area (Å²) < 4.78 is 58.5. The molecule has 2 heterocycles. The molecule has 0 spiro atoms. The molecule has 0 fully saturated rings. The van der Waals surface area contributed by atoms with Crippen molar-refractivity contribution in [1.29, 1.82) is 0 Å². The summed E-state index contributed by atoms with van der Waals surface area (Å²) in [6.07, 6.45) is -3.47. The van der Waals surface area contributed by atoms with Gasteiger partial charge < -0.3 is 14.6 Å². The maximum Gasteiger partial charge on any atom is 0.453 e. The van der Waals surface area contributed by atoms with E-state index in [4.69, 9.17) is 0 Å². The summed E-state index contributed by atoms with van der Waals surface area (Å²) in [7, 11) is 0. The smallest absolute Gasteiger partial charge is 0.386 e. The molecule has 2 aromatic heterocycles. The van der Waals surface area contributed by atoms with Gasteiger partial charge >= 0.3 is 6.18 Å². The number of imidazole rings is 1. The molecule has 4 rings (SSSR count). The van der Waals surface area contributed by atoms with Gasteiger partial charge in [-0.25, -0.2) is 9.37 Å². The predicted octanol–water partition coefficient (Wildman–Crippen LogP) is 5.78. The fourth-order valence-electron chi connectivity index (χ4n) is 3.16. The monoisotopic (exact) mass is 431 g/mol. The van der Waals surface area contributed by atoms with Crippen LogP contribution in [0.2, 0.25) is 0 Å². The number of aromatic amines is 1. The Morgan fingerprint density at radius 3 is 2.13 bits per heavy atom. The van der Waals surface area contributed by atoms with Crippen molar-refractivity contribution in [3.8, 4) is 33.9 Å². The number of aliphatic hydroxyl groups is 1. The van der Waals surface area contributed by atoms with Gasteiger partial charge in [0.2, 0.25) is 5.76 Å². The molecule has 4 aromatic rings. The molecule has 0 radical (unpaired) electrons. The Labute approximate surface area is 174 Å². The minimum absolute atomic E-state index is 0.0190. The number of aromatic nitrogens is 3. The Bertz CT molecular complexity index is 1200. The molecule has 0 amide bonds. The summed E-state index contributed by atoms with van der Waals surface area (Å²) in [5, 5.41) is 13.7. The van der Waals surface area contributed by atoms with E-state index in [1.807, 2.05) is 0 Å². The summed E-state index contributed by atoms with van der Waals surface area (Å²) in [5.41, 5.74) is 0.0790. The zero-order chi connectivity index (χ0) is 22.4. The molecule has 31 heavy (non-hydrogen) atoms. The number of hydrogen-bond acceptors (Lipinski definition) is 4. The molecule has 9 heteroatoms. The highest BCUT2D eigenvalue weighted by Gasteiger charge is 2.41. The molecule has 2 N–H and O–H groups in total. The van der Waals surface area contributed by atoms with Gasteiger partial charge in [0.05, 0.1) is 16.9 Å². The maximum absolute atomic E-state index is 13.6. The van der Waals surface area contributed by atoms with Crippen LogP contribution >= 0.6 is 0 Å². The summed E-state index contributed by atoms with van der Waals surface area (Å²) in [4.78, 5) is 7.17. The molecule has 5 nitrogen and oxygen atoms in total. The van der Waals surface area contributed by atoms with Crippen LogP contribution in [-0.4, -0.2) is 20.2 Å². The molecular weight excluding hydrogens is 414 g/mol. The minimum atomic E-state index is -4.80. The number of hydrogen-bond donors (Lipinski definition) is 2. The standard InChI is InChI=1S/C22H17F4N3O2/c1-21(2,30)14-7-3-13(4-8-14)20-27-11-16(28-20)17-18(12-5-9-15(23)10-6-12)29-31-19(17)22(24,25)26/h3-11,30H,1-2H3,(H,27,28). The fraction of sp³-hybridized carbons (Fsp3) is 0.182. The van der Waals surface area contributed by atoms with Crippen LogP contribution in [0.1, 0.15) is 25.2 Å². The largest absolute Gasteiger partial charge is 0.453 e. The van der Waals surface area contributed by atoms with E-state index >= 15 is 0 Å². The third kappa shape index (κ3) is 4.09. The Morgan fingerprint density at radius 2 is 1.55 bits per heavy atom. The summed E-state index contributed by atoms with van der Waals surface area (Å²) in [6.45, 7) is 3.29. The highest BCUT2D eigenvalue weighted by Crippen LogP contribution is 2.42. The maximum atomic E-state index is 13.6. The first kappa shape index (κ1) is 20.8. The lowest BCUT2D eigenvalue weighted by atomic mass is 9.97. The quantitative estimate of drug-likeness (QED) is 0.402. The molecule has 0 aliphatic carbocycles. The number of alkyl halides is 3. The third-order valence-corrected chi connectivity index (χ3v) is 4.77. The second-order valence-electron chi connectivity index (χ2n) is 7.51. The van der Waals surface area contributed by atoms with Crippen molar-refractivity contribution in [2.45, 2.75) is 25.6 Å². The van der Waals surface area contributed by atoms with Crippen molar-refractivity contribution in [3.63, 3.8) is 0 Å². The van der Waals surface area contributed by atoms with Crippen LogP contribution in [0.5, 0.6) is 0 Å². The van der Waals surface area contributed by atoms with Gasteiger partial charge in [-0.05, 0) is 43.7 Å². The molecule has 0 unspecified atom stereocenters. The molecule has 0 bridgehead atoms. The van der Waals surface area contributed by atoms with Crippen LogP contribution in [0.3, 0.4) is 0 Å². The van der Waals surface area contributed by atoms with Gasteiger partial charge in [0.25, 0.3) is 0 Å². The SMILES string of the molecule is CC(C)(O)c1ccc(-c2nc(-c3c(-c4ccc(F)cc4)noc3C(F)(F)F)c[nH]2)cc1. The van der Waals surface area contributed by atoms with Crippen molar-refractivity contribution in [2.75, 3.05) is 0 Å². The third-order valence-electron chi connectivity index (χ3n) is 4.77. The molecule has 0 saturated heterocycles. The van der Waals surface area contributed by atoms with Crippen molar-refractivity contribution >= 4 is 0 Å². The number of rotatable bonds is 4. The van der Waals surface area contributed by atoms with Crippen molar-refractivity contribution in [1.82, 2.24) is 15.1 Å². The number of nitrogens with zero attached hydrogens (tertiary/aromatic N) is 2. The summed E-state index contributed by atoms with van der Waals surface area (Å²) in [6, 6.07) is 11.7. The van der Waals surface area contributed by atoms with Crippen molar-refractivity contribution in [2.24, 2.45) is 0 Å². The van der Waals surface area contributed by atoms with Crippen LogP contribution in [0.25, 0.3) is 33.9 Å². The van der Waals surface area contributed by atoms with Gasteiger partial charge in [0.1, 0.15) is 17.3 Å². The first-order valence-corrected chi connectivity index (χ1v) is 9.26. The van der Waals surface area contributed by atoms with Gasteiger partial charge in [-0.2, -0.15) is 13.2 Å². The number of nitrogens with one attached hydrogen (secondary N) is 1. The van der Waals surface area contributed by atoms with Gasteiger partial charge in [0.15, 0.2) is 0 Å².